The van der Waals surface area contributed by atoms with E-state index in [0.29, 0.717) is 32.5 Å². The van der Waals surface area contributed by atoms with Crippen LogP contribution in [0, 0.1) is 5.92 Å². The van der Waals surface area contributed by atoms with E-state index >= 15 is 0 Å². The van der Waals surface area contributed by atoms with Crippen molar-refractivity contribution in [3.63, 3.8) is 0 Å². The molecule has 2 aromatic rings. The summed E-state index contributed by atoms with van der Waals surface area (Å²) >= 11 is 0. The zero-order valence-electron chi connectivity index (χ0n) is 15.8. The molecule has 140 valence electrons. The average molecular weight is 362 g/mol. The van der Waals surface area contributed by atoms with E-state index in [1.807, 2.05) is 83.5 Å². The Morgan fingerprint density at radius 3 is 2.19 bits per heavy atom. The van der Waals surface area contributed by atoms with Crippen LogP contribution >= 0.6 is 0 Å². The maximum absolute atomic E-state index is 12.9. The standard InChI is InChI=1S/C23H26N2O2/c1-2-25(21-11-7-4-8-12-21)23(27)20-15-17-24(18-16-20)22(26)14-13-19-9-5-3-6-10-19/h3-14,20H,2,15-18H2,1H3/b14-13+. The molecule has 0 aromatic heterocycles. The summed E-state index contributed by atoms with van der Waals surface area (Å²) in [6, 6.07) is 19.6. The Balaban J connectivity index is 1.55. The molecule has 0 atom stereocenters. The van der Waals surface area contributed by atoms with Crippen LogP contribution in [-0.2, 0) is 9.59 Å². The number of benzene rings is 2. The predicted molar refractivity (Wildman–Crippen MR) is 109 cm³/mol. The lowest BCUT2D eigenvalue weighted by Gasteiger charge is -2.33. The Bertz CT molecular complexity index is 779. The van der Waals surface area contributed by atoms with Gasteiger partial charge < -0.3 is 9.80 Å². The Morgan fingerprint density at radius 2 is 1.59 bits per heavy atom. The lowest BCUT2D eigenvalue weighted by Crippen LogP contribution is -2.44. The molecule has 1 saturated heterocycles. The van der Waals surface area contributed by atoms with Crippen molar-refractivity contribution in [2.75, 3.05) is 24.5 Å². The van der Waals surface area contributed by atoms with E-state index in [-0.39, 0.29) is 17.7 Å². The van der Waals surface area contributed by atoms with Crippen molar-refractivity contribution in [3.05, 3.63) is 72.3 Å². The molecule has 1 heterocycles. The van der Waals surface area contributed by atoms with Crippen molar-refractivity contribution in [1.82, 2.24) is 4.90 Å². The lowest BCUT2D eigenvalue weighted by molar-refractivity contribution is -0.130. The highest BCUT2D eigenvalue weighted by Crippen LogP contribution is 2.23. The molecule has 0 N–H and O–H groups in total. The van der Waals surface area contributed by atoms with Crippen LogP contribution in [0.5, 0.6) is 0 Å². The van der Waals surface area contributed by atoms with Crippen molar-refractivity contribution in [3.8, 4) is 0 Å². The van der Waals surface area contributed by atoms with Crippen LogP contribution in [-0.4, -0.2) is 36.3 Å². The molecule has 2 aromatic carbocycles. The number of carbonyl (C=O) groups is 2. The molecule has 4 heteroatoms. The Hall–Kier alpha value is -2.88. The van der Waals surface area contributed by atoms with Crippen molar-refractivity contribution < 1.29 is 9.59 Å². The Kier molecular flexibility index (Phi) is 6.42. The summed E-state index contributed by atoms with van der Waals surface area (Å²) in [6.45, 7) is 3.90. The maximum atomic E-state index is 12.9. The highest BCUT2D eigenvalue weighted by Gasteiger charge is 2.29. The van der Waals surface area contributed by atoms with Crippen LogP contribution in [0.15, 0.2) is 66.7 Å². The summed E-state index contributed by atoms with van der Waals surface area (Å²) < 4.78 is 0. The Labute approximate surface area is 161 Å². The number of amides is 2. The number of rotatable bonds is 5. The minimum absolute atomic E-state index is 0.0140. The van der Waals surface area contributed by atoms with Gasteiger partial charge in [0.2, 0.25) is 11.8 Å². The van der Waals surface area contributed by atoms with Crippen LogP contribution in [0.25, 0.3) is 6.08 Å². The number of nitrogens with zero attached hydrogens (tertiary/aromatic N) is 2. The first-order valence-electron chi connectivity index (χ1n) is 9.57. The molecule has 2 amide bonds. The van der Waals surface area contributed by atoms with Gasteiger partial charge in [-0.1, -0.05) is 48.5 Å². The molecule has 1 fully saturated rings. The maximum Gasteiger partial charge on any atom is 0.246 e. The van der Waals surface area contributed by atoms with Gasteiger partial charge in [0.1, 0.15) is 0 Å². The van der Waals surface area contributed by atoms with E-state index in [1.54, 1.807) is 6.08 Å². The topological polar surface area (TPSA) is 40.6 Å². The summed E-state index contributed by atoms with van der Waals surface area (Å²) in [7, 11) is 0. The van der Waals surface area contributed by atoms with E-state index in [4.69, 9.17) is 0 Å². The van der Waals surface area contributed by atoms with Crippen LogP contribution in [0.4, 0.5) is 5.69 Å². The molecule has 3 rings (SSSR count). The van der Waals surface area contributed by atoms with Gasteiger partial charge in [-0.25, -0.2) is 0 Å². The number of likely N-dealkylation sites (tertiary alicyclic amines) is 1. The van der Waals surface area contributed by atoms with Gasteiger partial charge in [0.25, 0.3) is 0 Å². The summed E-state index contributed by atoms with van der Waals surface area (Å²) in [4.78, 5) is 29.0. The van der Waals surface area contributed by atoms with E-state index < -0.39 is 0 Å². The molecule has 0 radical (unpaired) electrons. The molecule has 1 aliphatic heterocycles. The van der Waals surface area contributed by atoms with Crippen LogP contribution in [0.3, 0.4) is 0 Å². The monoisotopic (exact) mass is 362 g/mol. The van der Waals surface area contributed by atoms with Gasteiger partial charge >= 0.3 is 0 Å². The normalized spacial score (nSPS) is 15.1. The summed E-state index contributed by atoms with van der Waals surface area (Å²) in [6.07, 6.45) is 4.90. The number of carbonyl (C=O) groups excluding carboxylic acids is 2. The third-order valence-corrected chi connectivity index (χ3v) is 5.02. The molecule has 4 nitrogen and oxygen atoms in total. The second kappa shape index (κ2) is 9.17. The van der Waals surface area contributed by atoms with Crippen LogP contribution in [0.1, 0.15) is 25.3 Å². The minimum Gasteiger partial charge on any atom is -0.339 e. The second-order valence-corrected chi connectivity index (χ2v) is 6.76. The quantitative estimate of drug-likeness (QED) is 0.755. The third-order valence-electron chi connectivity index (χ3n) is 5.02. The van der Waals surface area contributed by atoms with Gasteiger partial charge in [0, 0.05) is 37.3 Å². The largest absolute Gasteiger partial charge is 0.339 e. The number of hydrogen-bond acceptors (Lipinski definition) is 2. The molecule has 27 heavy (non-hydrogen) atoms. The van der Waals surface area contributed by atoms with E-state index in [1.165, 1.54) is 0 Å². The molecule has 0 aliphatic carbocycles. The molecule has 0 unspecified atom stereocenters. The predicted octanol–water partition coefficient (Wildman–Crippen LogP) is 3.99. The molecule has 0 spiro atoms. The summed E-state index contributed by atoms with van der Waals surface area (Å²) in [5.41, 5.74) is 1.95. The highest BCUT2D eigenvalue weighted by molar-refractivity contribution is 5.95. The van der Waals surface area contributed by atoms with E-state index in [0.717, 1.165) is 11.3 Å². The molecule has 0 saturated carbocycles. The zero-order valence-corrected chi connectivity index (χ0v) is 15.8. The molecule has 1 aliphatic rings. The van der Waals surface area contributed by atoms with Gasteiger partial charge in [-0.05, 0) is 43.5 Å². The van der Waals surface area contributed by atoms with Gasteiger partial charge in [0.05, 0.1) is 0 Å². The number of para-hydroxylation sites is 1. The van der Waals surface area contributed by atoms with Crippen molar-refractivity contribution in [2.24, 2.45) is 5.92 Å². The number of hydrogen-bond donors (Lipinski definition) is 0. The SMILES string of the molecule is CCN(C(=O)C1CCN(C(=O)/C=C/c2ccccc2)CC1)c1ccccc1. The number of anilines is 1. The molecular formula is C23H26N2O2. The fourth-order valence-electron chi connectivity index (χ4n) is 3.48. The Morgan fingerprint density at radius 1 is 1.00 bits per heavy atom. The molecular weight excluding hydrogens is 336 g/mol. The fourth-order valence-corrected chi connectivity index (χ4v) is 3.48. The van der Waals surface area contributed by atoms with Gasteiger partial charge in [-0.3, -0.25) is 9.59 Å². The van der Waals surface area contributed by atoms with Crippen LogP contribution in [0.2, 0.25) is 0 Å². The van der Waals surface area contributed by atoms with Crippen molar-refractivity contribution >= 4 is 23.6 Å². The first-order valence-corrected chi connectivity index (χ1v) is 9.57. The van der Waals surface area contributed by atoms with Crippen molar-refractivity contribution in [2.45, 2.75) is 19.8 Å². The minimum atomic E-state index is -0.0210. The first-order chi connectivity index (χ1) is 13.2. The van der Waals surface area contributed by atoms with E-state index in [2.05, 4.69) is 0 Å². The summed E-state index contributed by atoms with van der Waals surface area (Å²) in [5.74, 6) is 0.156. The van der Waals surface area contributed by atoms with E-state index in [9.17, 15) is 9.59 Å². The highest BCUT2D eigenvalue weighted by atomic mass is 16.2. The lowest BCUT2D eigenvalue weighted by atomic mass is 9.95. The van der Waals surface area contributed by atoms with Gasteiger partial charge in [0.15, 0.2) is 0 Å². The zero-order chi connectivity index (χ0) is 19.1. The first kappa shape index (κ1) is 18.9. The number of piperidine rings is 1. The summed E-state index contributed by atoms with van der Waals surface area (Å²) in [5, 5.41) is 0. The van der Waals surface area contributed by atoms with Gasteiger partial charge in [-0.15, -0.1) is 0 Å². The third kappa shape index (κ3) is 4.85. The average Bonchev–Trinajstić information content (AvgIpc) is 2.74. The second-order valence-electron chi connectivity index (χ2n) is 6.76. The van der Waals surface area contributed by atoms with Crippen LogP contribution < -0.4 is 4.90 Å². The fraction of sp³-hybridized carbons (Fsp3) is 0.304. The smallest absolute Gasteiger partial charge is 0.246 e. The molecule has 0 bridgehead atoms. The van der Waals surface area contributed by atoms with Gasteiger partial charge in [-0.2, -0.15) is 0 Å². The van der Waals surface area contributed by atoms with Crippen molar-refractivity contribution in [1.29, 1.82) is 0 Å².